The molecular weight excluding hydrogens is 583 g/mol. The number of cyclic esters (lactones) is 1. The van der Waals surface area contributed by atoms with Gasteiger partial charge >= 0.3 is 21.3 Å². The zero-order valence-corrected chi connectivity index (χ0v) is 25.7. The van der Waals surface area contributed by atoms with Crippen molar-refractivity contribution in [3.8, 4) is 0 Å². The third-order valence-electron chi connectivity index (χ3n) is 6.33. The molecule has 0 saturated carbocycles. The van der Waals surface area contributed by atoms with Gasteiger partial charge in [-0.1, -0.05) is 0 Å². The zero-order chi connectivity index (χ0) is 30.0. The predicted octanol–water partition coefficient (Wildman–Crippen LogP) is 4.35. The van der Waals surface area contributed by atoms with Gasteiger partial charge in [-0.25, -0.2) is 9.18 Å². The molecule has 0 aliphatic carbocycles. The van der Waals surface area contributed by atoms with Crippen LogP contribution < -0.4 is 15.1 Å². The van der Waals surface area contributed by atoms with Gasteiger partial charge in [0.15, 0.2) is 5.40 Å². The Morgan fingerprint density at radius 2 is 1.59 bits per heavy atom. The molecule has 232 valence electrons. The summed E-state index contributed by atoms with van der Waals surface area (Å²) in [6.07, 6.45) is -1.98. The SMILES string of the molecule is CCOP(=O)(OCC)C(CC(=O)NCC1CN(c2ccc(N3CCOCC3)c(F)c2)C(=O)O1)P(=O)(OCC)OCC. The predicted molar refractivity (Wildman–Crippen MR) is 150 cm³/mol. The number of hydrogen-bond donors (Lipinski definition) is 1. The van der Waals surface area contributed by atoms with Crippen LogP contribution in [0.25, 0.3) is 0 Å². The monoisotopic (exact) mass is 623 g/mol. The van der Waals surface area contributed by atoms with Gasteiger partial charge in [0.25, 0.3) is 0 Å². The van der Waals surface area contributed by atoms with Crippen LogP contribution in [-0.4, -0.2) is 89.3 Å². The Labute approximate surface area is 240 Å². The van der Waals surface area contributed by atoms with Crippen molar-refractivity contribution in [3.63, 3.8) is 0 Å². The Hall–Kier alpha value is -2.05. The minimum Gasteiger partial charge on any atom is -0.442 e. The maximum absolute atomic E-state index is 14.9. The Balaban J connectivity index is 1.67. The molecule has 2 aliphatic rings. The van der Waals surface area contributed by atoms with Gasteiger partial charge in [-0.05, 0) is 45.9 Å². The van der Waals surface area contributed by atoms with Crippen LogP contribution in [0.1, 0.15) is 34.1 Å². The first-order valence-electron chi connectivity index (χ1n) is 13.7. The summed E-state index contributed by atoms with van der Waals surface area (Å²) in [5, 5.41) is 1.12. The summed E-state index contributed by atoms with van der Waals surface area (Å²) in [6.45, 7) is 8.43. The molecule has 2 saturated heterocycles. The van der Waals surface area contributed by atoms with Gasteiger partial charge in [-0.15, -0.1) is 0 Å². The molecule has 2 amide bonds. The van der Waals surface area contributed by atoms with Crippen molar-refractivity contribution in [2.45, 2.75) is 45.6 Å². The quantitative estimate of drug-likeness (QED) is 0.263. The number of amides is 2. The van der Waals surface area contributed by atoms with E-state index >= 15 is 0 Å². The van der Waals surface area contributed by atoms with Crippen LogP contribution in [0.15, 0.2) is 18.2 Å². The lowest BCUT2D eigenvalue weighted by Crippen LogP contribution is -2.37. The first-order chi connectivity index (χ1) is 19.6. The summed E-state index contributed by atoms with van der Waals surface area (Å²) in [6, 6.07) is 4.52. The molecule has 1 aromatic carbocycles. The van der Waals surface area contributed by atoms with E-state index in [-0.39, 0.29) is 39.5 Å². The average molecular weight is 624 g/mol. The normalized spacial score (nSPS) is 18.2. The minimum atomic E-state index is -4.11. The molecule has 3 rings (SSSR count). The molecule has 0 aromatic heterocycles. The van der Waals surface area contributed by atoms with E-state index < -0.39 is 50.9 Å². The van der Waals surface area contributed by atoms with Crippen molar-refractivity contribution < 1.29 is 50.7 Å². The van der Waals surface area contributed by atoms with Crippen molar-refractivity contribution in [2.24, 2.45) is 0 Å². The standard InChI is InChI=1S/C25H40FN3O10P2/c1-5-35-40(32,36-6-2)24(41(33,37-7-3)38-8-4)16-23(30)27-17-20-18-29(25(31)39-20)19-9-10-22(21(26)15-19)28-11-13-34-14-12-28/h9-10,15,20,24H,5-8,11-14,16-18H2,1-4H3,(H,27,30). The van der Waals surface area contributed by atoms with E-state index in [0.29, 0.717) is 37.7 Å². The second-order valence-corrected chi connectivity index (χ2v) is 13.9. The molecule has 2 heterocycles. The van der Waals surface area contributed by atoms with Gasteiger partial charge in [-0.3, -0.25) is 18.8 Å². The Kier molecular flexibility index (Phi) is 12.6. The van der Waals surface area contributed by atoms with Crippen LogP contribution in [0.3, 0.4) is 0 Å². The van der Waals surface area contributed by atoms with Crippen molar-refractivity contribution in [1.82, 2.24) is 5.32 Å². The van der Waals surface area contributed by atoms with E-state index in [1.807, 2.05) is 4.90 Å². The highest BCUT2D eigenvalue weighted by Gasteiger charge is 2.52. The van der Waals surface area contributed by atoms with Crippen molar-refractivity contribution in [2.75, 3.05) is 75.6 Å². The van der Waals surface area contributed by atoms with E-state index in [2.05, 4.69) is 5.32 Å². The highest BCUT2D eigenvalue weighted by atomic mass is 31.2. The zero-order valence-electron chi connectivity index (χ0n) is 23.9. The fraction of sp³-hybridized carbons (Fsp3) is 0.680. The molecule has 2 aliphatic heterocycles. The molecule has 16 heteroatoms. The second-order valence-electron chi connectivity index (χ2n) is 9.09. The van der Waals surface area contributed by atoms with Crippen molar-refractivity contribution >= 4 is 38.6 Å². The number of nitrogens with zero attached hydrogens (tertiary/aromatic N) is 2. The topological polar surface area (TPSA) is 142 Å². The van der Waals surface area contributed by atoms with E-state index in [0.717, 1.165) is 0 Å². The molecule has 1 unspecified atom stereocenters. The fourth-order valence-electron chi connectivity index (χ4n) is 4.56. The Morgan fingerprint density at radius 1 is 1.02 bits per heavy atom. The van der Waals surface area contributed by atoms with Crippen LogP contribution in [-0.2, 0) is 41.5 Å². The molecule has 2 fully saturated rings. The third kappa shape index (κ3) is 8.50. The molecule has 13 nitrogen and oxygen atoms in total. The number of anilines is 2. The minimum absolute atomic E-state index is 0.0183. The number of rotatable bonds is 16. The summed E-state index contributed by atoms with van der Waals surface area (Å²) in [7, 11) is -8.21. The first kappa shape index (κ1) is 33.5. The molecular formula is C25H40FN3O10P2. The number of morpholine rings is 1. The molecule has 41 heavy (non-hydrogen) atoms. The molecule has 1 aromatic rings. The summed E-state index contributed by atoms with van der Waals surface area (Å²) < 4.78 is 74.4. The van der Waals surface area contributed by atoms with Crippen LogP contribution >= 0.6 is 15.2 Å². The number of carbonyl (C=O) groups is 2. The average Bonchev–Trinajstić information content (AvgIpc) is 3.31. The van der Waals surface area contributed by atoms with E-state index in [4.69, 9.17) is 27.6 Å². The van der Waals surface area contributed by atoms with Gasteiger partial charge in [0, 0.05) is 13.1 Å². The largest absolute Gasteiger partial charge is 0.442 e. The number of ether oxygens (including phenoxy) is 2. The van der Waals surface area contributed by atoms with E-state index in [1.165, 1.54) is 11.0 Å². The molecule has 0 spiro atoms. The lowest BCUT2D eigenvalue weighted by atomic mass is 10.2. The molecule has 0 bridgehead atoms. The maximum Gasteiger partial charge on any atom is 0.414 e. The van der Waals surface area contributed by atoms with Crippen LogP contribution in [0, 0.1) is 5.82 Å². The van der Waals surface area contributed by atoms with E-state index in [1.54, 1.807) is 39.8 Å². The smallest absolute Gasteiger partial charge is 0.414 e. The number of halogens is 1. The van der Waals surface area contributed by atoms with Gasteiger partial charge < -0.3 is 37.8 Å². The van der Waals surface area contributed by atoms with Gasteiger partial charge in [0.05, 0.1) is 70.5 Å². The van der Waals surface area contributed by atoms with Crippen LogP contribution in [0.2, 0.25) is 0 Å². The van der Waals surface area contributed by atoms with Gasteiger partial charge in [0.1, 0.15) is 11.9 Å². The number of hydrogen-bond acceptors (Lipinski definition) is 11. The molecule has 1 N–H and O–H groups in total. The Morgan fingerprint density at radius 3 is 2.10 bits per heavy atom. The van der Waals surface area contributed by atoms with Crippen LogP contribution in [0.4, 0.5) is 20.6 Å². The Bertz CT molecular complexity index is 1090. The number of carbonyl (C=O) groups excluding carboxylic acids is 2. The lowest BCUT2D eigenvalue weighted by Gasteiger charge is -2.31. The van der Waals surface area contributed by atoms with Crippen molar-refractivity contribution in [3.05, 3.63) is 24.0 Å². The van der Waals surface area contributed by atoms with Crippen LogP contribution in [0.5, 0.6) is 0 Å². The van der Waals surface area contributed by atoms with Crippen molar-refractivity contribution in [1.29, 1.82) is 0 Å². The second kappa shape index (κ2) is 15.4. The third-order valence-corrected chi connectivity index (χ3v) is 12.3. The highest BCUT2D eigenvalue weighted by Crippen LogP contribution is 2.71. The summed E-state index contributed by atoms with van der Waals surface area (Å²) in [4.78, 5) is 28.7. The first-order valence-corrected chi connectivity index (χ1v) is 17.0. The summed E-state index contributed by atoms with van der Waals surface area (Å²) >= 11 is 0. The maximum atomic E-state index is 14.9. The number of nitrogens with one attached hydrogen (secondary N) is 1. The fourth-order valence-corrected chi connectivity index (χ4v) is 9.81. The summed E-state index contributed by atoms with van der Waals surface area (Å²) in [5.41, 5.74) is 0.748. The lowest BCUT2D eigenvalue weighted by molar-refractivity contribution is -0.121. The number of benzene rings is 1. The summed E-state index contributed by atoms with van der Waals surface area (Å²) in [5.74, 6) is -1.12. The molecule has 1 atom stereocenters. The van der Waals surface area contributed by atoms with Gasteiger partial charge in [0.2, 0.25) is 5.91 Å². The highest BCUT2D eigenvalue weighted by molar-refractivity contribution is 7.72. The van der Waals surface area contributed by atoms with Gasteiger partial charge in [-0.2, -0.15) is 0 Å². The van der Waals surface area contributed by atoms with E-state index in [9.17, 15) is 23.1 Å². The molecule has 0 radical (unpaired) electrons.